The van der Waals surface area contributed by atoms with E-state index in [0.29, 0.717) is 24.5 Å². The molecule has 1 aliphatic rings. The van der Waals surface area contributed by atoms with Gasteiger partial charge in [0.2, 0.25) is 0 Å². The van der Waals surface area contributed by atoms with E-state index in [1.165, 1.54) is 20.6 Å². The van der Waals surface area contributed by atoms with Gasteiger partial charge in [0.1, 0.15) is 15.4 Å². The van der Waals surface area contributed by atoms with Crippen molar-refractivity contribution in [1.82, 2.24) is 5.32 Å². The molecule has 1 amide bonds. The maximum atomic E-state index is 12.3. The summed E-state index contributed by atoms with van der Waals surface area (Å²) in [4.78, 5) is 13.3. The second-order valence-corrected chi connectivity index (χ2v) is 10.6. The zero-order valence-electron chi connectivity index (χ0n) is 14.3. The Balaban J connectivity index is 2.15. The van der Waals surface area contributed by atoms with E-state index in [0.717, 1.165) is 15.4 Å². The van der Waals surface area contributed by atoms with Crippen LogP contribution in [0.15, 0.2) is 15.9 Å². The Bertz CT molecular complexity index is 657. The Morgan fingerprint density at radius 2 is 2.00 bits per heavy atom. The number of amides is 1. The summed E-state index contributed by atoms with van der Waals surface area (Å²) in [6.07, 6.45) is 0.0545. The van der Waals surface area contributed by atoms with Crippen molar-refractivity contribution < 1.29 is 23.2 Å². The van der Waals surface area contributed by atoms with Crippen molar-refractivity contribution in [3.8, 4) is 11.5 Å². The zero-order valence-corrected chi connectivity index (χ0v) is 16.7. The molecule has 24 heavy (non-hydrogen) atoms. The average Bonchev–Trinajstić information content (AvgIpc) is 2.87. The third kappa shape index (κ3) is 4.52. The van der Waals surface area contributed by atoms with E-state index in [2.05, 4.69) is 5.32 Å². The molecule has 1 aliphatic heterocycles. The molecule has 1 aromatic carbocycles. The van der Waals surface area contributed by atoms with Crippen LogP contribution in [0.25, 0.3) is 0 Å². The highest BCUT2D eigenvalue weighted by Crippen LogP contribution is 2.55. The van der Waals surface area contributed by atoms with Crippen LogP contribution >= 0.6 is 20.6 Å². The predicted octanol–water partition coefficient (Wildman–Crippen LogP) is 3.55. The van der Waals surface area contributed by atoms with Crippen molar-refractivity contribution in [3.63, 3.8) is 0 Å². The van der Waals surface area contributed by atoms with Crippen LogP contribution < -0.4 is 14.8 Å². The molecule has 1 aromatic rings. The number of rotatable bonds is 5. The molecule has 0 fully saturated rings. The molecule has 0 radical (unpaired) electrons. The van der Waals surface area contributed by atoms with Crippen LogP contribution in [0.4, 0.5) is 4.79 Å². The van der Waals surface area contributed by atoms with E-state index in [-0.39, 0.29) is 0 Å². The van der Waals surface area contributed by atoms with Crippen molar-refractivity contribution >= 4 is 36.5 Å². The van der Waals surface area contributed by atoms with Crippen LogP contribution in [-0.2, 0) is 21.0 Å². The molecular formula is C15H21NO5S3. The van der Waals surface area contributed by atoms with Crippen molar-refractivity contribution in [1.29, 1.82) is 0 Å². The number of hydrogen-bond acceptors (Lipinski definition) is 7. The number of benzene rings is 1. The lowest BCUT2D eigenvalue weighted by atomic mass is 10.1. The third-order valence-corrected chi connectivity index (χ3v) is 8.04. The summed E-state index contributed by atoms with van der Waals surface area (Å²) in [5.74, 6) is 1.19. The molecule has 0 aliphatic carbocycles. The summed E-state index contributed by atoms with van der Waals surface area (Å²) in [7, 11) is 4.66. The van der Waals surface area contributed by atoms with Crippen LogP contribution in [0.2, 0.25) is 0 Å². The lowest BCUT2D eigenvalue weighted by Crippen LogP contribution is -2.33. The quantitative estimate of drug-likeness (QED) is 0.770. The monoisotopic (exact) mass is 391 g/mol. The van der Waals surface area contributed by atoms with Crippen LogP contribution in [0.3, 0.4) is 0 Å². The SMILES string of the molecule is COc1cc(CCNC(=O)OC(C)(C)C)c2c(c1OC)SSS2=O. The van der Waals surface area contributed by atoms with Crippen molar-refractivity contribution in [2.45, 2.75) is 42.6 Å². The number of nitrogens with one attached hydrogen (secondary N) is 1. The highest BCUT2D eigenvalue weighted by Gasteiger charge is 2.30. The van der Waals surface area contributed by atoms with Crippen molar-refractivity contribution in [2.75, 3.05) is 20.8 Å². The van der Waals surface area contributed by atoms with Crippen LogP contribution in [0.1, 0.15) is 26.3 Å². The molecule has 0 saturated heterocycles. The van der Waals surface area contributed by atoms with Gasteiger partial charge in [-0.2, -0.15) is 0 Å². The molecule has 0 aromatic heterocycles. The smallest absolute Gasteiger partial charge is 0.407 e. The molecule has 1 N–H and O–H groups in total. The van der Waals surface area contributed by atoms with Gasteiger partial charge >= 0.3 is 6.09 Å². The highest BCUT2D eigenvalue weighted by atomic mass is 33.5. The van der Waals surface area contributed by atoms with Gasteiger partial charge in [0.05, 0.1) is 24.0 Å². The van der Waals surface area contributed by atoms with Gasteiger partial charge in [-0.15, -0.1) is 0 Å². The standard InChI is InChI=1S/C15H21NO5S3/c1-15(2,3)21-14(17)16-7-6-9-8-10(19-4)11(20-5)12-13(9)24(18)23-22-12/h8H,6-7H2,1-5H3,(H,16,17). The lowest BCUT2D eigenvalue weighted by Gasteiger charge is -2.20. The number of carbonyl (C=O) groups is 1. The Labute approximate surface area is 151 Å². The Kier molecular flexibility index (Phi) is 6.33. The summed E-state index contributed by atoms with van der Waals surface area (Å²) in [6.45, 7) is 5.81. The normalized spacial score (nSPS) is 16.5. The molecule has 0 spiro atoms. The van der Waals surface area contributed by atoms with Gasteiger partial charge in [-0.1, -0.05) is 0 Å². The molecule has 1 heterocycles. The Hall–Kier alpha value is -1.06. The van der Waals surface area contributed by atoms with Gasteiger partial charge in [0.15, 0.2) is 11.5 Å². The zero-order chi connectivity index (χ0) is 17.9. The first-order valence-electron chi connectivity index (χ1n) is 7.28. The lowest BCUT2D eigenvalue weighted by molar-refractivity contribution is 0.0528. The van der Waals surface area contributed by atoms with Gasteiger partial charge in [-0.25, -0.2) is 9.00 Å². The molecule has 1 unspecified atom stereocenters. The molecule has 9 heteroatoms. The number of ether oxygens (including phenoxy) is 3. The van der Waals surface area contributed by atoms with Gasteiger partial charge in [0, 0.05) is 16.4 Å². The number of methoxy groups -OCH3 is 2. The summed E-state index contributed by atoms with van der Waals surface area (Å²) in [5.41, 5.74) is 0.332. The first-order valence-corrected chi connectivity index (χ1v) is 11.1. The second-order valence-electron chi connectivity index (χ2n) is 5.99. The van der Waals surface area contributed by atoms with Gasteiger partial charge in [-0.05, 0) is 49.6 Å². The van der Waals surface area contributed by atoms with E-state index >= 15 is 0 Å². The Morgan fingerprint density at radius 3 is 2.58 bits per heavy atom. The van der Waals surface area contributed by atoms with Gasteiger partial charge in [-0.3, -0.25) is 0 Å². The van der Waals surface area contributed by atoms with Gasteiger partial charge < -0.3 is 19.5 Å². The fraction of sp³-hybridized carbons (Fsp3) is 0.533. The van der Waals surface area contributed by atoms with E-state index in [1.807, 2.05) is 26.8 Å². The van der Waals surface area contributed by atoms with E-state index in [9.17, 15) is 9.00 Å². The first-order chi connectivity index (χ1) is 11.3. The van der Waals surface area contributed by atoms with Crippen LogP contribution in [0, 0.1) is 0 Å². The number of fused-ring (bicyclic) bond motifs is 1. The summed E-state index contributed by atoms with van der Waals surface area (Å²) >= 11 is 0. The van der Waals surface area contributed by atoms with Crippen molar-refractivity contribution in [2.24, 2.45) is 0 Å². The topological polar surface area (TPSA) is 73.9 Å². The maximum absolute atomic E-state index is 12.3. The van der Waals surface area contributed by atoms with E-state index in [4.69, 9.17) is 14.2 Å². The molecule has 0 saturated carbocycles. The van der Waals surface area contributed by atoms with Crippen LogP contribution in [0.5, 0.6) is 11.5 Å². The average molecular weight is 392 g/mol. The van der Waals surface area contributed by atoms with E-state index in [1.54, 1.807) is 14.2 Å². The molecule has 1 atom stereocenters. The molecule has 2 rings (SSSR count). The van der Waals surface area contributed by atoms with Crippen molar-refractivity contribution in [3.05, 3.63) is 11.6 Å². The summed E-state index contributed by atoms with van der Waals surface area (Å²) in [6, 6.07) is 1.82. The minimum Gasteiger partial charge on any atom is -0.493 e. The predicted molar refractivity (Wildman–Crippen MR) is 97.3 cm³/mol. The van der Waals surface area contributed by atoms with Crippen LogP contribution in [-0.4, -0.2) is 36.7 Å². The summed E-state index contributed by atoms with van der Waals surface area (Å²) < 4.78 is 28.3. The van der Waals surface area contributed by atoms with E-state index < -0.39 is 21.5 Å². The molecule has 134 valence electrons. The first kappa shape index (κ1) is 19.3. The highest BCUT2D eigenvalue weighted by molar-refractivity contribution is 9.06. The minimum absolute atomic E-state index is 0.378. The van der Waals surface area contributed by atoms with Gasteiger partial charge in [0.25, 0.3) is 0 Å². The largest absolute Gasteiger partial charge is 0.493 e. The molecular weight excluding hydrogens is 370 g/mol. The maximum Gasteiger partial charge on any atom is 0.407 e. The molecule has 6 nitrogen and oxygen atoms in total. The Morgan fingerprint density at radius 1 is 1.29 bits per heavy atom. The minimum atomic E-state index is -1.16. The fourth-order valence-electron chi connectivity index (χ4n) is 2.15. The molecule has 0 bridgehead atoms. The third-order valence-electron chi connectivity index (χ3n) is 3.07. The second kappa shape index (κ2) is 7.88. The number of carbonyl (C=O) groups excluding carboxylic acids is 1. The number of alkyl carbamates (subject to hydrolysis) is 1. The fourth-order valence-corrected chi connectivity index (χ4v) is 7.53. The number of hydrogen-bond donors (Lipinski definition) is 1. The summed E-state index contributed by atoms with van der Waals surface area (Å²) in [5, 5.41) is 2.71.